The molecule has 0 aliphatic rings. The molecule has 269 valence electrons. The van der Waals surface area contributed by atoms with Crippen molar-refractivity contribution < 1.29 is 31.4 Å². The predicted molar refractivity (Wildman–Crippen MR) is 215 cm³/mol. The van der Waals surface area contributed by atoms with Crippen LogP contribution in [-0.2, 0) is 31.3 Å². The molecule has 0 atom stereocenters. The minimum atomic E-state index is -1.58. The zero-order valence-electron chi connectivity index (χ0n) is 33.3. The van der Waals surface area contributed by atoms with Crippen LogP contribution in [0.25, 0.3) is 49.0 Å². The number of carbonyl (C=O) groups is 1. The second-order valence-electron chi connectivity index (χ2n) is 16.7. The van der Waals surface area contributed by atoms with Crippen molar-refractivity contribution in [2.24, 2.45) is 16.7 Å². The molecule has 0 saturated carbocycles. The Bertz CT molecular complexity index is 2230. The van der Waals surface area contributed by atoms with Gasteiger partial charge in [0.25, 0.3) is 0 Å². The number of nitrogens with zero attached hydrogens (tertiary/aromatic N) is 2. The van der Waals surface area contributed by atoms with E-state index in [0.717, 1.165) is 59.3 Å². The monoisotopic (exact) mass is 867 g/mol. The first kappa shape index (κ1) is 38.2. The summed E-state index contributed by atoms with van der Waals surface area (Å²) in [6.07, 6.45) is 6.19. The van der Waals surface area contributed by atoms with Gasteiger partial charge >= 0.3 is 0 Å². The number of carbonyl (C=O) groups excluding carboxylic acids is 1. The largest absolute Gasteiger partial charge is 0.512 e. The number of aliphatic hydroxyl groups is 1. The third kappa shape index (κ3) is 7.59. The Morgan fingerprint density at radius 1 is 0.980 bits per heavy atom. The van der Waals surface area contributed by atoms with Crippen molar-refractivity contribution in [3.8, 4) is 0 Å². The summed E-state index contributed by atoms with van der Waals surface area (Å²) in [6.45, 7) is 26.2. The van der Waals surface area contributed by atoms with E-state index < -0.39 is 8.07 Å². The minimum absolute atomic E-state index is 0. The summed E-state index contributed by atoms with van der Waals surface area (Å²) in [5, 5.41) is 17.1. The van der Waals surface area contributed by atoms with Crippen LogP contribution in [-0.4, -0.2) is 28.3 Å². The number of pyridine rings is 2. The zero-order valence-corrected chi connectivity index (χ0v) is 35.7. The van der Waals surface area contributed by atoms with Crippen molar-refractivity contribution in [1.82, 2.24) is 9.38 Å². The van der Waals surface area contributed by atoms with Gasteiger partial charge in [-0.25, -0.2) is 0 Å². The van der Waals surface area contributed by atoms with Gasteiger partial charge in [-0.15, -0.1) is 17.7 Å². The van der Waals surface area contributed by atoms with E-state index in [9.17, 15) is 9.90 Å². The van der Waals surface area contributed by atoms with Crippen LogP contribution in [0.4, 0.5) is 0 Å². The molecule has 6 heteroatoms. The number of ketones is 1. The van der Waals surface area contributed by atoms with Crippen molar-refractivity contribution in [3.05, 3.63) is 77.7 Å². The first-order valence-electron chi connectivity index (χ1n) is 18.8. The van der Waals surface area contributed by atoms with Gasteiger partial charge in [-0.1, -0.05) is 116 Å². The third-order valence-electron chi connectivity index (χ3n) is 10.7. The molecule has 1 radical (unpaired) electrons. The Morgan fingerprint density at radius 3 is 2.22 bits per heavy atom. The molecule has 0 bridgehead atoms. The van der Waals surface area contributed by atoms with Gasteiger partial charge in [0.15, 0.2) is 5.78 Å². The molecule has 1 N–H and O–H groups in total. The Hall–Kier alpha value is -3.05. The number of benzene rings is 3. The summed E-state index contributed by atoms with van der Waals surface area (Å²) in [5.74, 6) is 0.437. The average Bonchev–Trinajstić information content (AvgIpc) is 3.35. The minimum Gasteiger partial charge on any atom is -0.512 e. The summed E-state index contributed by atoms with van der Waals surface area (Å²) in [7, 11) is -1.58. The van der Waals surface area contributed by atoms with Gasteiger partial charge in [0.05, 0.1) is 15.2 Å². The fraction of sp³-hybridized carbons (Fsp3) is 0.455. The summed E-state index contributed by atoms with van der Waals surface area (Å²) in [6, 6.07) is 19.5. The maximum absolute atomic E-state index is 12.0. The number of allylic oxidation sites excluding steroid dienone is 2. The molecule has 0 saturated heterocycles. The molecule has 0 spiro atoms. The van der Waals surface area contributed by atoms with E-state index in [1.807, 2.05) is 40.7 Å². The van der Waals surface area contributed by atoms with Crippen LogP contribution in [0, 0.1) is 29.7 Å². The molecule has 0 amide bonds. The molecule has 0 aliphatic heterocycles. The van der Waals surface area contributed by atoms with Crippen LogP contribution in [0.3, 0.4) is 0 Å². The molecule has 0 aliphatic carbocycles. The van der Waals surface area contributed by atoms with E-state index >= 15 is 0 Å². The first-order valence-corrected chi connectivity index (χ1v) is 21.8. The molecular weight excluding hydrogens is 809 g/mol. The average molecular weight is 867 g/mol. The van der Waals surface area contributed by atoms with Crippen LogP contribution >= 0.6 is 0 Å². The van der Waals surface area contributed by atoms with Gasteiger partial charge in [0, 0.05) is 54.7 Å². The van der Waals surface area contributed by atoms with Crippen molar-refractivity contribution in [1.29, 1.82) is 0 Å². The Labute approximate surface area is 315 Å². The Balaban J connectivity index is 0.000000294. The van der Waals surface area contributed by atoms with Crippen molar-refractivity contribution in [2.75, 3.05) is 0 Å². The predicted octanol–water partition coefficient (Wildman–Crippen LogP) is 11.9. The van der Waals surface area contributed by atoms with E-state index in [0.29, 0.717) is 6.17 Å². The normalized spacial score (nSPS) is 13.4. The van der Waals surface area contributed by atoms with E-state index in [2.05, 4.69) is 94.2 Å². The molecular formula is C44H57IrN2O2Si-. The second-order valence-corrected chi connectivity index (χ2v) is 21.7. The maximum Gasteiger partial charge on any atom is 0.164 e. The van der Waals surface area contributed by atoms with Gasteiger partial charge in [-0.05, 0) is 88.5 Å². The second kappa shape index (κ2) is 14.9. The van der Waals surface area contributed by atoms with Crippen LogP contribution in [0.15, 0.2) is 60.5 Å². The summed E-state index contributed by atoms with van der Waals surface area (Å²) < 4.78 is 10.9. The standard InChI is InChI=1S/C30H31N2Si.C14H26O2.Ir/c1-18-12-23-22-14-19(17-30(2,3)4)8-9-25(22)32-26-16-21(33(5,6)7)15-20-10-11-31-28(27(20)26)24(13-18)29(23)32;1-6-11(7-2)12(15)10-13(16)14(5,8-3)9-4;/h8-12,14-16H,17H2,1-7H3;10-11,15H,6-9H2,1-5H3;/q-1;;/b;12-10-;/i11D;;. The quantitative estimate of drug-likeness (QED) is 0.0393. The summed E-state index contributed by atoms with van der Waals surface area (Å²) >= 11 is 0. The van der Waals surface area contributed by atoms with Crippen LogP contribution in [0.2, 0.25) is 19.6 Å². The van der Waals surface area contributed by atoms with Crippen molar-refractivity contribution in [2.45, 2.75) is 114 Å². The zero-order chi connectivity index (χ0) is 36.9. The molecule has 6 aromatic rings. The fourth-order valence-electron chi connectivity index (χ4n) is 7.17. The number of aromatic nitrogens is 2. The Kier molecular flexibility index (Phi) is 11.4. The van der Waals surface area contributed by atoms with Crippen LogP contribution in [0.1, 0.15) is 93.6 Å². The number of hydrogen-bond acceptors (Lipinski definition) is 3. The van der Waals surface area contributed by atoms with Gasteiger partial charge in [0.2, 0.25) is 0 Å². The van der Waals surface area contributed by atoms with Gasteiger partial charge in [-0.2, -0.15) is 0 Å². The van der Waals surface area contributed by atoms with Gasteiger partial charge < -0.3 is 14.5 Å². The summed E-state index contributed by atoms with van der Waals surface area (Å²) in [4.78, 5) is 16.8. The number of aliphatic hydroxyl groups excluding tert-OH is 1. The molecule has 6 rings (SSSR count). The molecule has 0 fully saturated rings. The first-order chi connectivity index (χ1) is 23.3. The fourth-order valence-corrected chi connectivity index (χ4v) is 8.33. The molecule has 4 nitrogen and oxygen atoms in total. The number of rotatable bonds is 9. The molecule has 3 heterocycles. The van der Waals surface area contributed by atoms with E-state index in [1.165, 1.54) is 44.1 Å². The third-order valence-corrected chi connectivity index (χ3v) is 12.7. The van der Waals surface area contributed by atoms with Crippen LogP contribution < -0.4 is 5.19 Å². The van der Waals surface area contributed by atoms with E-state index in [1.54, 1.807) is 0 Å². The van der Waals surface area contributed by atoms with E-state index in [-0.39, 0.29) is 48.4 Å². The molecule has 3 aromatic heterocycles. The van der Waals surface area contributed by atoms with Crippen molar-refractivity contribution in [3.63, 3.8) is 0 Å². The van der Waals surface area contributed by atoms with E-state index in [4.69, 9.17) is 6.35 Å². The molecule has 3 aromatic carbocycles. The number of aryl methyl sites for hydroxylation is 1. The topological polar surface area (TPSA) is 54.6 Å². The van der Waals surface area contributed by atoms with Crippen LogP contribution in [0.5, 0.6) is 0 Å². The number of fused-ring (bicyclic) bond motifs is 5. The molecule has 0 unspecified atom stereocenters. The smallest absolute Gasteiger partial charge is 0.164 e. The number of hydrogen-bond donors (Lipinski definition) is 1. The molecule has 50 heavy (non-hydrogen) atoms. The van der Waals surface area contributed by atoms with Gasteiger partial charge in [-0.3, -0.25) is 4.79 Å². The summed E-state index contributed by atoms with van der Waals surface area (Å²) in [5.41, 5.74) is 6.91. The SMILES string of the molecule is CCC(CC)/C(O)=C/C(=O)C(C)(CC)CC.[2H]c1cc2cc([Si](C)(C)C)cc3c2c(n1)c1[c-]c(C)cc2c4cc(CC(C)(C)C)ccc4n3c12.[Ir]. The maximum atomic E-state index is 12.0. The van der Waals surface area contributed by atoms with Crippen molar-refractivity contribution >= 4 is 68.0 Å². The Morgan fingerprint density at radius 2 is 1.64 bits per heavy atom. The van der Waals surface area contributed by atoms with Gasteiger partial charge in [0.1, 0.15) is 0 Å².